The minimum absolute atomic E-state index is 0.265. The number of nitrogens with zero attached hydrogens (tertiary/aromatic N) is 1. The number of halogens is 3. The van der Waals surface area contributed by atoms with Gasteiger partial charge in [0.15, 0.2) is 0 Å². The van der Waals surface area contributed by atoms with Gasteiger partial charge in [0.1, 0.15) is 22.6 Å². The first-order valence-electron chi connectivity index (χ1n) is 6.57. The molecule has 120 valence electrons. The largest absolute Gasteiger partial charge is 0.487 e. The SMILES string of the molecule is CC(C=CC(=O)Cl)Oc1ccc(Oc2ncc(Cl)cc2Cl)cc1. The van der Waals surface area contributed by atoms with Crippen LogP contribution in [0.4, 0.5) is 0 Å². The number of pyridine rings is 1. The molecule has 23 heavy (non-hydrogen) atoms. The minimum atomic E-state index is -0.545. The number of hydrogen-bond donors (Lipinski definition) is 0. The zero-order valence-corrected chi connectivity index (χ0v) is 14.3. The molecule has 0 spiro atoms. The van der Waals surface area contributed by atoms with Crippen molar-refractivity contribution in [2.75, 3.05) is 0 Å². The lowest BCUT2D eigenvalue weighted by Crippen LogP contribution is -2.08. The molecule has 0 saturated carbocycles. The highest BCUT2D eigenvalue weighted by molar-refractivity contribution is 6.66. The molecule has 1 aromatic carbocycles. The molecular weight excluding hydrogens is 361 g/mol. The van der Waals surface area contributed by atoms with E-state index >= 15 is 0 Å². The van der Waals surface area contributed by atoms with Gasteiger partial charge in [-0.25, -0.2) is 4.98 Å². The molecule has 0 amide bonds. The van der Waals surface area contributed by atoms with Crippen LogP contribution in [0.5, 0.6) is 17.4 Å². The van der Waals surface area contributed by atoms with Gasteiger partial charge in [0.25, 0.3) is 0 Å². The third-order valence-electron chi connectivity index (χ3n) is 2.63. The van der Waals surface area contributed by atoms with Gasteiger partial charge in [-0.2, -0.15) is 0 Å². The van der Waals surface area contributed by atoms with Crippen LogP contribution in [0, 0.1) is 0 Å². The summed E-state index contributed by atoms with van der Waals surface area (Å²) in [6.45, 7) is 1.79. The number of rotatable bonds is 6. The van der Waals surface area contributed by atoms with E-state index in [1.165, 1.54) is 12.3 Å². The van der Waals surface area contributed by atoms with E-state index in [-0.39, 0.29) is 12.0 Å². The van der Waals surface area contributed by atoms with Gasteiger partial charge < -0.3 is 9.47 Å². The van der Waals surface area contributed by atoms with E-state index in [9.17, 15) is 4.79 Å². The van der Waals surface area contributed by atoms with Gasteiger partial charge in [-0.15, -0.1) is 0 Å². The van der Waals surface area contributed by atoms with Crippen molar-refractivity contribution in [3.8, 4) is 17.4 Å². The van der Waals surface area contributed by atoms with Crippen molar-refractivity contribution < 1.29 is 14.3 Å². The smallest absolute Gasteiger partial charge is 0.244 e. The summed E-state index contributed by atoms with van der Waals surface area (Å²) in [7, 11) is 0. The van der Waals surface area contributed by atoms with Crippen LogP contribution in [-0.2, 0) is 4.79 Å². The van der Waals surface area contributed by atoms with Gasteiger partial charge in [0.2, 0.25) is 11.1 Å². The third-order valence-corrected chi connectivity index (χ3v) is 3.24. The summed E-state index contributed by atoms with van der Waals surface area (Å²) in [5.41, 5.74) is 0. The normalized spacial score (nSPS) is 12.2. The summed E-state index contributed by atoms with van der Waals surface area (Å²) in [5.74, 6) is 1.43. The highest BCUT2D eigenvalue weighted by Crippen LogP contribution is 2.30. The van der Waals surface area contributed by atoms with Gasteiger partial charge >= 0.3 is 0 Å². The number of allylic oxidation sites excluding steroid dienone is 1. The molecule has 0 aliphatic rings. The average molecular weight is 373 g/mol. The second kappa shape index (κ2) is 8.20. The van der Waals surface area contributed by atoms with Crippen molar-refractivity contribution in [1.82, 2.24) is 4.98 Å². The molecule has 0 radical (unpaired) electrons. The van der Waals surface area contributed by atoms with E-state index in [4.69, 9.17) is 44.3 Å². The van der Waals surface area contributed by atoms with Crippen LogP contribution in [0.1, 0.15) is 6.92 Å². The lowest BCUT2D eigenvalue weighted by Gasteiger charge is -2.11. The number of carbonyl (C=O) groups is 1. The molecule has 4 nitrogen and oxygen atoms in total. The third kappa shape index (κ3) is 5.75. The number of carbonyl (C=O) groups excluding carboxylic acids is 1. The van der Waals surface area contributed by atoms with Crippen molar-refractivity contribution in [3.63, 3.8) is 0 Å². The monoisotopic (exact) mass is 371 g/mol. The fourth-order valence-corrected chi connectivity index (χ4v) is 2.13. The van der Waals surface area contributed by atoms with Crippen molar-refractivity contribution >= 4 is 40.0 Å². The Hall–Kier alpha value is -1.75. The predicted octanol–water partition coefficient (Wildman–Crippen LogP) is 5.27. The Kier molecular flexibility index (Phi) is 6.28. The van der Waals surface area contributed by atoms with Gasteiger partial charge in [0.05, 0.1) is 5.02 Å². The van der Waals surface area contributed by atoms with Crippen molar-refractivity contribution in [2.24, 2.45) is 0 Å². The second-order valence-electron chi connectivity index (χ2n) is 4.50. The first kappa shape index (κ1) is 17.6. The molecule has 1 heterocycles. The second-order valence-corrected chi connectivity index (χ2v) is 5.72. The number of benzene rings is 1. The first-order chi connectivity index (χ1) is 10.9. The summed E-state index contributed by atoms with van der Waals surface area (Å²) in [4.78, 5) is 14.7. The number of ether oxygens (including phenoxy) is 2. The summed E-state index contributed by atoms with van der Waals surface area (Å²) >= 11 is 17.0. The van der Waals surface area contributed by atoms with Crippen LogP contribution in [0.15, 0.2) is 48.7 Å². The fourth-order valence-electron chi connectivity index (χ4n) is 1.64. The lowest BCUT2D eigenvalue weighted by molar-refractivity contribution is -0.107. The molecule has 0 N–H and O–H groups in total. The fraction of sp³-hybridized carbons (Fsp3) is 0.125. The van der Waals surface area contributed by atoms with Crippen molar-refractivity contribution in [3.05, 3.63) is 58.7 Å². The van der Waals surface area contributed by atoms with Crippen molar-refractivity contribution in [2.45, 2.75) is 13.0 Å². The van der Waals surface area contributed by atoms with Gasteiger partial charge in [-0.1, -0.05) is 23.2 Å². The molecule has 0 saturated heterocycles. The maximum Gasteiger partial charge on any atom is 0.244 e. The Morgan fingerprint density at radius 3 is 2.48 bits per heavy atom. The molecule has 0 aliphatic carbocycles. The van der Waals surface area contributed by atoms with Gasteiger partial charge in [-0.3, -0.25) is 4.79 Å². The molecule has 2 aromatic rings. The zero-order valence-electron chi connectivity index (χ0n) is 12.0. The summed E-state index contributed by atoms with van der Waals surface area (Å²) < 4.78 is 11.2. The Morgan fingerprint density at radius 2 is 1.87 bits per heavy atom. The molecule has 0 aliphatic heterocycles. The highest BCUT2D eigenvalue weighted by Gasteiger charge is 2.07. The number of hydrogen-bond acceptors (Lipinski definition) is 4. The maximum absolute atomic E-state index is 10.6. The first-order valence-corrected chi connectivity index (χ1v) is 7.70. The molecule has 2 rings (SSSR count). The quantitative estimate of drug-likeness (QED) is 0.512. The van der Waals surface area contributed by atoms with Crippen LogP contribution in [0.25, 0.3) is 0 Å². The van der Waals surface area contributed by atoms with Crippen LogP contribution in [0.3, 0.4) is 0 Å². The van der Waals surface area contributed by atoms with Crippen LogP contribution in [-0.4, -0.2) is 16.3 Å². The Morgan fingerprint density at radius 1 is 1.22 bits per heavy atom. The van der Waals surface area contributed by atoms with E-state index in [2.05, 4.69) is 4.98 Å². The zero-order chi connectivity index (χ0) is 16.8. The van der Waals surface area contributed by atoms with Crippen LogP contribution >= 0.6 is 34.8 Å². The lowest BCUT2D eigenvalue weighted by atomic mass is 10.3. The van der Waals surface area contributed by atoms with E-state index in [1.54, 1.807) is 43.3 Å². The van der Waals surface area contributed by atoms with Crippen LogP contribution < -0.4 is 9.47 Å². The Balaban J connectivity index is 2.00. The van der Waals surface area contributed by atoms with E-state index in [0.29, 0.717) is 21.5 Å². The van der Waals surface area contributed by atoms with Crippen molar-refractivity contribution in [1.29, 1.82) is 0 Å². The molecular formula is C16H12Cl3NO3. The molecule has 1 aromatic heterocycles. The molecule has 0 fully saturated rings. The number of aromatic nitrogens is 1. The summed E-state index contributed by atoms with van der Waals surface area (Å²) in [6, 6.07) is 8.43. The molecule has 0 bridgehead atoms. The average Bonchev–Trinajstić information content (AvgIpc) is 2.50. The predicted molar refractivity (Wildman–Crippen MR) is 90.9 cm³/mol. The summed E-state index contributed by atoms with van der Waals surface area (Å²) in [6.07, 6.45) is 3.97. The highest BCUT2D eigenvalue weighted by atomic mass is 35.5. The van der Waals surface area contributed by atoms with Crippen LogP contribution in [0.2, 0.25) is 10.0 Å². The Labute approximate surface area is 148 Å². The standard InChI is InChI=1S/C16H12Cl3NO3/c1-10(2-7-15(19)21)22-12-3-5-13(6-4-12)23-16-14(18)8-11(17)9-20-16/h2-10H,1H3. The topological polar surface area (TPSA) is 48.4 Å². The van der Waals surface area contributed by atoms with E-state index < -0.39 is 5.24 Å². The molecule has 1 unspecified atom stereocenters. The van der Waals surface area contributed by atoms with E-state index in [0.717, 1.165) is 0 Å². The van der Waals surface area contributed by atoms with Gasteiger partial charge in [-0.05, 0) is 61.0 Å². The minimum Gasteiger partial charge on any atom is -0.487 e. The van der Waals surface area contributed by atoms with Gasteiger partial charge in [0, 0.05) is 6.20 Å². The molecule has 1 atom stereocenters. The summed E-state index contributed by atoms with van der Waals surface area (Å²) in [5, 5.41) is 0.211. The molecule has 7 heteroatoms. The maximum atomic E-state index is 10.6. The van der Waals surface area contributed by atoms with E-state index in [1.807, 2.05) is 0 Å². The Bertz CT molecular complexity index is 717.